The molecule has 28 heavy (non-hydrogen) atoms. The average molecular weight is 381 g/mol. The van der Waals surface area contributed by atoms with Crippen LogP contribution in [-0.4, -0.2) is 14.2 Å². The topological polar surface area (TPSA) is 39.7 Å². The number of nitrogens with one attached hydrogen (secondary N) is 1. The summed E-state index contributed by atoms with van der Waals surface area (Å²) in [5.41, 5.74) is 2.51. The molecule has 0 heterocycles. The zero-order valence-electron chi connectivity index (χ0n) is 16.1. The highest BCUT2D eigenvalue weighted by Crippen LogP contribution is 2.32. The van der Waals surface area contributed by atoms with E-state index in [0.717, 1.165) is 16.9 Å². The molecule has 4 nitrogen and oxygen atoms in total. The van der Waals surface area contributed by atoms with E-state index in [-0.39, 0.29) is 12.4 Å². The van der Waals surface area contributed by atoms with Crippen LogP contribution in [0.5, 0.6) is 17.2 Å². The van der Waals surface area contributed by atoms with Gasteiger partial charge in [-0.2, -0.15) is 0 Å². The second kappa shape index (κ2) is 9.76. The summed E-state index contributed by atoms with van der Waals surface area (Å²) in [5, 5.41) is 3.40. The van der Waals surface area contributed by atoms with Crippen LogP contribution in [0.15, 0.2) is 66.7 Å². The van der Waals surface area contributed by atoms with E-state index in [2.05, 4.69) is 5.32 Å². The Bertz CT molecular complexity index is 914. The van der Waals surface area contributed by atoms with E-state index in [1.807, 2.05) is 42.5 Å². The number of halogens is 1. The van der Waals surface area contributed by atoms with Crippen molar-refractivity contribution in [3.05, 3.63) is 89.2 Å². The molecular formula is C23H24FNO3. The van der Waals surface area contributed by atoms with Gasteiger partial charge in [-0.15, -0.1) is 0 Å². The number of para-hydroxylation sites is 2. The summed E-state index contributed by atoms with van der Waals surface area (Å²) in [6, 6.07) is 20.2. The highest BCUT2D eigenvalue weighted by molar-refractivity contribution is 5.47. The van der Waals surface area contributed by atoms with Crippen LogP contribution in [0.1, 0.15) is 16.7 Å². The van der Waals surface area contributed by atoms with Crippen molar-refractivity contribution in [2.45, 2.75) is 19.7 Å². The van der Waals surface area contributed by atoms with Gasteiger partial charge < -0.3 is 19.5 Å². The first-order chi connectivity index (χ1) is 13.7. The maximum Gasteiger partial charge on any atom is 0.166 e. The first-order valence-electron chi connectivity index (χ1n) is 9.07. The molecule has 0 aromatic heterocycles. The Balaban J connectivity index is 1.71. The molecule has 3 rings (SSSR count). The third kappa shape index (κ3) is 4.81. The summed E-state index contributed by atoms with van der Waals surface area (Å²) < 4.78 is 30.7. The zero-order valence-corrected chi connectivity index (χ0v) is 16.1. The highest BCUT2D eigenvalue weighted by Gasteiger charge is 2.12. The van der Waals surface area contributed by atoms with Gasteiger partial charge in [-0.25, -0.2) is 4.39 Å². The van der Waals surface area contributed by atoms with Crippen LogP contribution in [0.25, 0.3) is 0 Å². The molecule has 1 N–H and O–H groups in total. The molecule has 0 fully saturated rings. The molecule has 0 radical (unpaired) electrons. The molecule has 0 saturated heterocycles. The molecule has 0 aliphatic heterocycles. The molecule has 3 aromatic carbocycles. The molecule has 0 spiro atoms. The fourth-order valence-electron chi connectivity index (χ4n) is 2.97. The van der Waals surface area contributed by atoms with E-state index in [1.165, 1.54) is 6.07 Å². The number of hydrogen-bond donors (Lipinski definition) is 1. The SMILES string of the molecule is COc1ccccc1CNCc1cccc(OC)c1OCc1ccccc1F. The van der Waals surface area contributed by atoms with Gasteiger partial charge in [0, 0.05) is 29.8 Å². The van der Waals surface area contributed by atoms with E-state index in [9.17, 15) is 4.39 Å². The maximum atomic E-state index is 13.9. The highest BCUT2D eigenvalue weighted by atomic mass is 19.1. The van der Waals surface area contributed by atoms with Crippen molar-refractivity contribution >= 4 is 0 Å². The second-order valence-corrected chi connectivity index (χ2v) is 6.24. The van der Waals surface area contributed by atoms with Gasteiger partial charge in [0.05, 0.1) is 14.2 Å². The minimum absolute atomic E-state index is 0.132. The lowest BCUT2D eigenvalue weighted by atomic mass is 10.1. The van der Waals surface area contributed by atoms with Gasteiger partial charge in [0.2, 0.25) is 0 Å². The molecule has 146 valence electrons. The fourth-order valence-corrected chi connectivity index (χ4v) is 2.97. The van der Waals surface area contributed by atoms with Crippen molar-refractivity contribution in [1.29, 1.82) is 0 Å². The van der Waals surface area contributed by atoms with Gasteiger partial charge in [-0.05, 0) is 18.2 Å². The largest absolute Gasteiger partial charge is 0.496 e. The summed E-state index contributed by atoms with van der Waals surface area (Å²) in [6.45, 7) is 1.35. The lowest BCUT2D eigenvalue weighted by Crippen LogP contribution is -2.14. The number of hydrogen-bond acceptors (Lipinski definition) is 4. The quantitative estimate of drug-likeness (QED) is 0.583. The molecule has 0 atom stereocenters. The first kappa shape index (κ1) is 19.7. The zero-order chi connectivity index (χ0) is 19.8. The minimum Gasteiger partial charge on any atom is -0.496 e. The lowest BCUT2D eigenvalue weighted by Gasteiger charge is -2.16. The first-order valence-corrected chi connectivity index (χ1v) is 9.07. The van der Waals surface area contributed by atoms with Crippen molar-refractivity contribution < 1.29 is 18.6 Å². The van der Waals surface area contributed by atoms with Crippen LogP contribution in [0.4, 0.5) is 4.39 Å². The molecule has 0 aliphatic rings. The Morgan fingerprint density at radius 3 is 2.07 bits per heavy atom. The smallest absolute Gasteiger partial charge is 0.166 e. The van der Waals surface area contributed by atoms with E-state index in [4.69, 9.17) is 14.2 Å². The fraction of sp³-hybridized carbons (Fsp3) is 0.217. The number of rotatable bonds is 9. The Labute approximate surface area is 164 Å². The van der Waals surface area contributed by atoms with Crippen molar-refractivity contribution in [2.75, 3.05) is 14.2 Å². The van der Waals surface area contributed by atoms with Gasteiger partial charge in [-0.3, -0.25) is 0 Å². The second-order valence-electron chi connectivity index (χ2n) is 6.24. The molecule has 0 aliphatic carbocycles. The van der Waals surface area contributed by atoms with E-state index in [1.54, 1.807) is 32.4 Å². The van der Waals surface area contributed by atoms with Gasteiger partial charge >= 0.3 is 0 Å². The molecule has 3 aromatic rings. The summed E-state index contributed by atoms with van der Waals surface area (Å²) in [7, 11) is 3.26. The van der Waals surface area contributed by atoms with Crippen molar-refractivity contribution in [2.24, 2.45) is 0 Å². The van der Waals surface area contributed by atoms with E-state index < -0.39 is 0 Å². The van der Waals surface area contributed by atoms with Crippen LogP contribution >= 0.6 is 0 Å². The minimum atomic E-state index is -0.284. The molecule has 0 unspecified atom stereocenters. The van der Waals surface area contributed by atoms with Crippen LogP contribution in [0.2, 0.25) is 0 Å². The Morgan fingerprint density at radius 1 is 0.714 bits per heavy atom. The van der Waals surface area contributed by atoms with Gasteiger partial charge in [0.25, 0.3) is 0 Å². The molecule has 0 saturated carbocycles. The Morgan fingerprint density at radius 2 is 1.32 bits per heavy atom. The Kier molecular flexibility index (Phi) is 6.87. The predicted molar refractivity (Wildman–Crippen MR) is 107 cm³/mol. The van der Waals surface area contributed by atoms with E-state index >= 15 is 0 Å². The van der Waals surface area contributed by atoms with Crippen LogP contribution in [0.3, 0.4) is 0 Å². The lowest BCUT2D eigenvalue weighted by molar-refractivity contribution is 0.276. The summed E-state index contributed by atoms with van der Waals surface area (Å²) >= 11 is 0. The normalized spacial score (nSPS) is 10.5. The van der Waals surface area contributed by atoms with Gasteiger partial charge in [0.15, 0.2) is 11.5 Å². The summed E-state index contributed by atoms with van der Waals surface area (Å²) in [4.78, 5) is 0. The molecule has 0 amide bonds. The molecular weight excluding hydrogens is 357 g/mol. The van der Waals surface area contributed by atoms with Gasteiger partial charge in [0.1, 0.15) is 18.2 Å². The van der Waals surface area contributed by atoms with Crippen LogP contribution < -0.4 is 19.5 Å². The van der Waals surface area contributed by atoms with Crippen molar-refractivity contribution in [3.63, 3.8) is 0 Å². The van der Waals surface area contributed by atoms with Crippen molar-refractivity contribution in [3.8, 4) is 17.2 Å². The van der Waals surface area contributed by atoms with Crippen molar-refractivity contribution in [1.82, 2.24) is 5.32 Å². The van der Waals surface area contributed by atoms with E-state index in [0.29, 0.717) is 30.2 Å². The van der Waals surface area contributed by atoms with Crippen LogP contribution in [-0.2, 0) is 19.7 Å². The molecule has 0 bridgehead atoms. The summed E-state index contributed by atoms with van der Waals surface area (Å²) in [5.74, 6) is 1.79. The van der Waals surface area contributed by atoms with Gasteiger partial charge in [-0.1, -0.05) is 48.5 Å². The molecule has 5 heteroatoms. The number of benzene rings is 3. The third-order valence-corrected chi connectivity index (χ3v) is 4.43. The monoisotopic (exact) mass is 381 g/mol. The maximum absolute atomic E-state index is 13.9. The average Bonchev–Trinajstić information content (AvgIpc) is 2.74. The standard InChI is InChI=1S/C23H24FNO3/c1-26-21-12-6-4-8-17(21)14-25-15-18-10-7-13-22(27-2)23(18)28-16-19-9-3-5-11-20(19)24/h3-13,25H,14-16H2,1-2H3. The predicted octanol–water partition coefficient (Wildman–Crippen LogP) is 4.71. The van der Waals surface area contributed by atoms with Crippen LogP contribution in [0, 0.1) is 5.82 Å². The Hall–Kier alpha value is -3.05. The number of methoxy groups -OCH3 is 2. The third-order valence-electron chi connectivity index (χ3n) is 4.43. The number of ether oxygens (including phenoxy) is 3. The summed E-state index contributed by atoms with van der Waals surface area (Å²) in [6.07, 6.45) is 0.